The zero-order valence-electron chi connectivity index (χ0n) is 19.8. The number of nitrogens with one attached hydrogen (secondary N) is 3. The number of rotatable bonds is 8. The molecule has 11 nitrogen and oxygen atoms in total. The van der Waals surface area contributed by atoms with Crippen LogP contribution in [0, 0.1) is 0 Å². The number of benzene rings is 1. The molecule has 188 valence electrons. The molecule has 35 heavy (non-hydrogen) atoms. The highest BCUT2D eigenvalue weighted by Gasteiger charge is 2.35. The van der Waals surface area contributed by atoms with Crippen LogP contribution in [0.1, 0.15) is 31.4 Å². The average molecular weight is 520 g/mol. The van der Waals surface area contributed by atoms with Gasteiger partial charge in [0.2, 0.25) is 16.0 Å². The highest BCUT2D eigenvalue weighted by molar-refractivity contribution is 8.05. The molecular weight excluding hydrogens is 490 g/mol. The maximum atomic E-state index is 12.1. The number of primary sulfonamides is 1. The summed E-state index contributed by atoms with van der Waals surface area (Å²) in [5.74, 6) is 1.57. The fourth-order valence-electron chi connectivity index (χ4n) is 4.00. The number of carbonyl (C=O) groups is 1. The van der Waals surface area contributed by atoms with E-state index in [4.69, 9.17) is 14.9 Å². The van der Waals surface area contributed by atoms with Gasteiger partial charge in [0.05, 0.1) is 11.5 Å². The molecule has 5 N–H and O–H groups in total. The van der Waals surface area contributed by atoms with Crippen LogP contribution < -0.4 is 26.0 Å². The number of ether oxygens (including phenoxy) is 1. The number of fused-ring (bicyclic) bond motifs is 1. The van der Waals surface area contributed by atoms with Crippen LogP contribution >= 0.6 is 11.8 Å². The van der Waals surface area contributed by atoms with Crippen molar-refractivity contribution in [3.05, 3.63) is 46.5 Å². The van der Waals surface area contributed by atoms with Crippen molar-refractivity contribution in [1.29, 1.82) is 0 Å². The summed E-state index contributed by atoms with van der Waals surface area (Å²) >= 11 is 1.30. The Hall–Kier alpha value is -3.03. The molecule has 1 unspecified atom stereocenters. The highest BCUT2D eigenvalue weighted by atomic mass is 32.2. The quantitative estimate of drug-likeness (QED) is 0.379. The van der Waals surface area contributed by atoms with Crippen molar-refractivity contribution in [2.75, 3.05) is 35.7 Å². The fraction of sp³-hybridized carbons (Fsp3) is 0.409. The van der Waals surface area contributed by atoms with Gasteiger partial charge in [-0.2, -0.15) is 9.97 Å². The van der Waals surface area contributed by atoms with Crippen molar-refractivity contribution in [1.82, 2.24) is 15.3 Å². The van der Waals surface area contributed by atoms with E-state index in [2.05, 4.69) is 25.8 Å². The molecule has 0 amide bonds. The van der Waals surface area contributed by atoms with Crippen LogP contribution in [0.4, 0.5) is 17.6 Å². The molecule has 0 saturated heterocycles. The van der Waals surface area contributed by atoms with Gasteiger partial charge in [0.15, 0.2) is 4.99 Å². The van der Waals surface area contributed by atoms with E-state index < -0.39 is 15.0 Å². The summed E-state index contributed by atoms with van der Waals surface area (Å²) in [4.78, 5) is 23.6. The van der Waals surface area contributed by atoms with E-state index in [1.54, 1.807) is 25.3 Å². The second-order valence-electron chi connectivity index (χ2n) is 8.30. The number of thioether (sulfide) groups is 1. The van der Waals surface area contributed by atoms with Gasteiger partial charge in [0.1, 0.15) is 16.5 Å². The van der Waals surface area contributed by atoms with Gasteiger partial charge in [0.25, 0.3) is 0 Å². The van der Waals surface area contributed by atoms with Crippen LogP contribution in [0.2, 0.25) is 0 Å². The Labute approximate surface area is 209 Å². The van der Waals surface area contributed by atoms with Crippen molar-refractivity contribution in [3.63, 3.8) is 0 Å². The maximum Gasteiger partial charge on any atom is 0.346 e. The van der Waals surface area contributed by atoms with Crippen LogP contribution in [0.25, 0.3) is 0 Å². The van der Waals surface area contributed by atoms with Gasteiger partial charge >= 0.3 is 5.97 Å². The largest absolute Gasteiger partial charge is 0.462 e. The van der Waals surface area contributed by atoms with Crippen molar-refractivity contribution in [2.24, 2.45) is 5.14 Å². The summed E-state index contributed by atoms with van der Waals surface area (Å²) in [7, 11) is -1.92. The lowest BCUT2D eigenvalue weighted by atomic mass is 10.0. The summed E-state index contributed by atoms with van der Waals surface area (Å²) in [5, 5.41) is 14.9. The summed E-state index contributed by atoms with van der Waals surface area (Å²) in [6.45, 7) is 5.32. The normalized spacial score (nSPS) is 19.4. The number of anilines is 3. The van der Waals surface area contributed by atoms with Crippen molar-refractivity contribution >= 4 is 45.3 Å². The van der Waals surface area contributed by atoms with Gasteiger partial charge in [-0.3, -0.25) is 0 Å². The second-order valence-corrected chi connectivity index (χ2v) is 11.3. The molecule has 4 rings (SSSR count). The SMILES string of the molecule is CCOC(=O)C1=CNC(C)(Nc2nc(NC)c3c(n2)N(Cc2ccc(S(N)(=O)=O)cc2)CCC3)S1. The van der Waals surface area contributed by atoms with Crippen LogP contribution in [0.5, 0.6) is 0 Å². The standard InChI is InChI=1S/C22H29N7O4S2/c1-4-33-20(30)17-12-25-22(2,34-17)28-21-26-18(24-3)16-6-5-11-29(19(16)27-21)13-14-7-9-15(10-8-14)35(23,31)32/h7-10,12,25H,4-6,11,13H2,1-3H3,(H2,23,31,32)(H2,24,26,27,28). The van der Waals surface area contributed by atoms with Crippen LogP contribution in [0.15, 0.2) is 40.3 Å². The zero-order valence-corrected chi connectivity index (χ0v) is 21.4. The molecule has 1 aromatic carbocycles. The Bertz CT molecular complexity index is 1250. The van der Waals surface area contributed by atoms with Crippen molar-refractivity contribution < 1.29 is 17.9 Å². The van der Waals surface area contributed by atoms with Crippen LogP contribution in [0.3, 0.4) is 0 Å². The minimum atomic E-state index is -3.74. The molecule has 2 aliphatic rings. The molecule has 0 spiro atoms. The highest BCUT2D eigenvalue weighted by Crippen LogP contribution is 2.38. The Balaban J connectivity index is 1.57. The van der Waals surface area contributed by atoms with E-state index >= 15 is 0 Å². The van der Waals surface area contributed by atoms with Gasteiger partial charge in [-0.1, -0.05) is 23.9 Å². The Morgan fingerprint density at radius 3 is 2.71 bits per heavy atom. The first-order valence-corrected chi connectivity index (χ1v) is 13.6. The second kappa shape index (κ2) is 9.91. The van der Waals surface area contributed by atoms with Gasteiger partial charge in [-0.15, -0.1) is 0 Å². The van der Waals surface area contributed by atoms with Gasteiger partial charge in [-0.05, 0) is 44.4 Å². The van der Waals surface area contributed by atoms with Crippen molar-refractivity contribution in [3.8, 4) is 0 Å². The topological polar surface area (TPSA) is 152 Å². The van der Waals surface area contributed by atoms with Crippen LogP contribution in [-0.2, 0) is 32.5 Å². The summed E-state index contributed by atoms with van der Waals surface area (Å²) in [5.41, 5.74) is 1.96. The molecule has 13 heteroatoms. The zero-order chi connectivity index (χ0) is 25.2. The molecule has 0 bridgehead atoms. The third-order valence-corrected chi connectivity index (χ3v) is 7.68. The van der Waals surface area contributed by atoms with E-state index in [1.807, 2.05) is 14.0 Å². The molecule has 2 aliphatic heterocycles. The molecule has 3 heterocycles. The maximum absolute atomic E-state index is 12.1. The molecule has 1 aromatic heterocycles. The molecule has 0 aliphatic carbocycles. The Kier molecular flexibility index (Phi) is 7.10. The lowest BCUT2D eigenvalue weighted by Crippen LogP contribution is -2.41. The number of nitrogens with two attached hydrogens (primary N) is 1. The Morgan fingerprint density at radius 2 is 2.06 bits per heavy atom. The third-order valence-electron chi connectivity index (χ3n) is 5.62. The van der Waals surface area contributed by atoms with E-state index in [1.165, 1.54) is 23.9 Å². The van der Waals surface area contributed by atoms with Gasteiger partial charge in [-0.25, -0.2) is 18.4 Å². The number of hydrogen-bond acceptors (Lipinski definition) is 11. The average Bonchev–Trinajstić information content (AvgIpc) is 3.20. The van der Waals surface area contributed by atoms with Gasteiger partial charge < -0.3 is 25.6 Å². The molecule has 0 fully saturated rings. The summed E-state index contributed by atoms with van der Waals surface area (Å²) in [6, 6.07) is 6.55. The first-order valence-electron chi connectivity index (χ1n) is 11.2. The lowest BCUT2D eigenvalue weighted by Gasteiger charge is -2.32. The monoisotopic (exact) mass is 519 g/mol. The third kappa shape index (κ3) is 5.63. The van der Waals surface area contributed by atoms with E-state index in [0.29, 0.717) is 24.0 Å². The molecule has 0 saturated carbocycles. The molecule has 0 radical (unpaired) electrons. The predicted molar refractivity (Wildman–Crippen MR) is 136 cm³/mol. The lowest BCUT2D eigenvalue weighted by molar-refractivity contribution is -0.137. The minimum absolute atomic E-state index is 0.0807. The number of carbonyl (C=O) groups excluding carboxylic acids is 1. The summed E-state index contributed by atoms with van der Waals surface area (Å²) < 4.78 is 28.2. The Morgan fingerprint density at radius 1 is 1.31 bits per heavy atom. The molecular formula is C22H29N7O4S2. The van der Waals surface area contributed by atoms with E-state index in [0.717, 1.165) is 42.1 Å². The molecule has 2 aromatic rings. The van der Waals surface area contributed by atoms with Crippen molar-refractivity contribution in [2.45, 2.75) is 43.1 Å². The number of aromatic nitrogens is 2. The molecule has 1 atom stereocenters. The van der Waals surface area contributed by atoms with E-state index in [9.17, 15) is 13.2 Å². The summed E-state index contributed by atoms with van der Waals surface area (Å²) in [6.07, 6.45) is 3.41. The number of nitrogens with zero attached hydrogens (tertiary/aromatic N) is 3. The van der Waals surface area contributed by atoms with Gasteiger partial charge in [0, 0.05) is 31.9 Å². The number of sulfonamides is 1. The first kappa shape index (κ1) is 25.1. The minimum Gasteiger partial charge on any atom is -0.462 e. The number of hydrogen-bond donors (Lipinski definition) is 4. The van der Waals surface area contributed by atoms with E-state index in [-0.39, 0.29) is 10.9 Å². The predicted octanol–water partition coefficient (Wildman–Crippen LogP) is 1.94. The fourth-order valence-corrected chi connectivity index (χ4v) is 5.47. The first-order chi connectivity index (χ1) is 16.6. The number of esters is 1. The smallest absolute Gasteiger partial charge is 0.346 e. The van der Waals surface area contributed by atoms with Crippen LogP contribution in [-0.4, -0.2) is 49.5 Å².